The Kier molecular flexibility index (Phi) is 4.55. The number of alkyl halides is 1. The minimum absolute atomic E-state index is 0.0320. The molecule has 0 saturated carbocycles. The molecule has 0 fully saturated rings. The summed E-state index contributed by atoms with van der Waals surface area (Å²) in [5.41, 5.74) is 0.823. The fourth-order valence-corrected chi connectivity index (χ4v) is 1.43. The second-order valence-electron chi connectivity index (χ2n) is 3.07. The molecule has 0 aliphatic carbocycles. The fourth-order valence-electron chi connectivity index (χ4n) is 1.20. The van der Waals surface area contributed by atoms with E-state index in [1.165, 1.54) is 6.07 Å². The van der Waals surface area contributed by atoms with Crippen molar-refractivity contribution in [2.24, 2.45) is 0 Å². The van der Waals surface area contributed by atoms with Crippen molar-refractivity contribution in [1.29, 1.82) is 0 Å². The van der Waals surface area contributed by atoms with Crippen molar-refractivity contribution >= 4 is 21.6 Å². The topological polar surface area (TPSA) is 52.4 Å². The van der Waals surface area contributed by atoms with Gasteiger partial charge in [-0.25, -0.2) is 0 Å². The monoisotopic (exact) mass is 273 g/mol. The molecule has 0 unspecified atom stereocenters. The predicted octanol–water partition coefficient (Wildman–Crippen LogP) is 3.07. The van der Waals surface area contributed by atoms with Gasteiger partial charge in [0, 0.05) is 11.4 Å². The van der Waals surface area contributed by atoms with Crippen LogP contribution in [0.3, 0.4) is 0 Å². The molecule has 0 aliphatic heterocycles. The van der Waals surface area contributed by atoms with Crippen LogP contribution in [0.1, 0.15) is 12.0 Å². The van der Waals surface area contributed by atoms with E-state index < -0.39 is 4.92 Å². The highest BCUT2D eigenvalue weighted by Gasteiger charge is 2.16. The van der Waals surface area contributed by atoms with Crippen LogP contribution >= 0.6 is 15.9 Å². The van der Waals surface area contributed by atoms with Gasteiger partial charge >= 0.3 is 5.69 Å². The molecule has 1 aromatic rings. The smallest absolute Gasteiger partial charge is 0.311 e. The largest absolute Gasteiger partial charge is 0.487 e. The summed E-state index contributed by atoms with van der Waals surface area (Å²) in [4.78, 5) is 10.3. The van der Waals surface area contributed by atoms with Crippen molar-refractivity contribution in [3.8, 4) is 5.75 Å². The van der Waals surface area contributed by atoms with E-state index in [1.54, 1.807) is 19.1 Å². The molecule has 1 rings (SSSR count). The van der Waals surface area contributed by atoms with Crippen LogP contribution < -0.4 is 4.74 Å². The summed E-state index contributed by atoms with van der Waals surface area (Å²) >= 11 is 3.28. The van der Waals surface area contributed by atoms with E-state index in [0.29, 0.717) is 12.4 Å². The first kappa shape index (κ1) is 12.0. The van der Waals surface area contributed by atoms with Crippen molar-refractivity contribution in [3.05, 3.63) is 33.9 Å². The molecule has 0 heterocycles. The minimum Gasteiger partial charge on any atom is -0.487 e. The predicted molar refractivity (Wildman–Crippen MR) is 61.7 cm³/mol. The third-order valence-electron chi connectivity index (χ3n) is 1.91. The summed E-state index contributed by atoms with van der Waals surface area (Å²) < 4.78 is 5.40. The first-order valence-corrected chi connectivity index (χ1v) is 5.71. The molecule has 0 saturated heterocycles. The van der Waals surface area contributed by atoms with Crippen molar-refractivity contribution in [3.63, 3.8) is 0 Å². The summed E-state index contributed by atoms with van der Waals surface area (Å²) in [6, 6.07) is 4.91. The summed E-state index contributed by atoms with van der Waals surface area (Å²) in [5.74, 6) is 0.378. The van der Waals surface area contributed by atoms with E-state index in [-0.39, 0.29) is 5.69 Å². The normalized spacial score (nSPS) is 10.0. The number of rotatable bonds is 5. The van der Waals surface area contributed by atoms with Gasteiger partial charge in [0.15, 0.2) is 5.75 Å². The first-order chi connectivity index (χ1) is 7.16. The SMILES string of the molecule is Cc1cccc([N+](=O)[O-])c1OCCCBr. The van der Waals surface area contributed by atoms with Crippen LogP contribution in [0.4, 0.5) is 5.69 Å². The second kappa shape index (κ2) is 5.70. The molecule has 0 spiro atoms. The number of nitro groups is 1. The van der Waals surface area contributed by atoms with Crippen LogP contribution in [0.2, 0.25) is 0 Å². The van der Waals surface area contributed by atoms with Gasteiger partial charge in [-0.05, 0) is 18.9 Å². The van der Waals surface area contributed by atoms with Gasteiger partial charge in [0.1, 0.15) is 0 Å². The van der Waals surface area contributed by atoms with E-state index in [4.69, 9.17) is 4.74 Å². The highest BCUT2D eigenvalue weighted by atomic mass is 79.9. The Balaban J connectivity index is 2.87. The zero-order valence-electron chi connectivity index (χ0n) is 8.40. The summed E-state index contributed by atoms with van der Waals surface area (Å²) in [7, 11) is 0. The number of para-hydroxylation sites is 1. The number of hydrogen-bond acceptors (Lipinski definition) is 3. The Morgan fingerprint density at radius 1 is 1.53 bits per heavy atom. The minimum atomic E-state index is -0.420. The highest BCUT2D eigenvalue weighted by molar-refractivity contribution is 9.09. The highest BCUT2D eigenvalue weighted by Crippen LogP contribution is 2.30. The van der Waals surface area contributed by atoms with E-state index in [0.717, 1.165) is 17.3 Å². The lowest BCUT2D eigenvalue weighted by molar-refractivity contribution is -0.385. The molecule has 1 aromatic carbocycles. The molecule has 15 heavy (non-hydrogen) atoms. The lowest BCUT2D eigenvalue weighted by Gasteiger charge is -2.08. The average Bonchev–Trinajstić information content (AvgIpc) is 2.20. The Morgan fingerprint density at radius 2 is 2.27 bits per heavy atom. The third kappa shape index (κ3) is 3.20. The fraction of sp³-hybridized carbons (Fsp3) is 0.400. The number of halogens is 1. The van der Waals surface area contributed by atoms with Gasteiger partial charge < -0.3 is 4.74 Å². The van der Waals surface area contributed by atoms with Crippen LogP contribution in [-0.2, 0) is 0 Å². The molecule has 0 atom stereocenters. The number of benzene rings is 1. The third-order valence-corrected chi connectivity index (χ3v) is 2.47. The van der Waals surface area contributed by atoms with E-state index in [9.17, 15) is 10.1 Å². The van der Waals surface area contributed by atoms with E-state index in [2.05, 4.69) is 15.9 Å². The maximum absolute atomic E-state index is 10.7. The van der Waals surface area contributed by atoms with Gasteiger partial charge in [-0.2, -0.15) is 0 Å². The molecular formula is C10H12BrNO3. The maximum atomic E-state index is 10.7. The Hall–Kier alpha value is -1.10. The van der Waals surface area contributed by atoms with Crippen LogP contribution in [0.5, 0.6) is 5.75 Å². The number of nitro benzene ring substituents is 1. The van der Waals surface area contributed by atoms with Crippen LogP contribution in [0.15, 0.2) is 18.2 Å². The molecule has 82 valence electrons. The molecule has 0 bridgehead atoms. The zero-order valence-corrected chi connectivity index (χ0v) is 9.99. The molecule has 0 radical (unpaired) electrons. The molecule has 4 nitrogen and oxygen atoms in total. The first-order valence-electron chi connectivity index (χ1n) is 4.59. The molecule has 5 heteroatoms. The second-order valence-corrected chi connectivity index (χ2v) is 3.86. The summed E-state index contributed by atoms with van der Waals surface area (Å²) in [6.45, 7) is 2.29. The molecule has 0 N–H and O–H groups in total. The van der Waals surface area contributed by atoms with Crippen LogP contribution in [-0.4, -0.2) is 16.9 Å². The zero-order chi connectivity index (χ0) is 11.3. The number of aryl methyl sites for hydroxylation is 1. The number of ether oxygens (including phenoxy) is 1. The van der Waals surface area contributed by atoms with E-state index in [1.807, 2.05) is 0 Å². The average molecular weight is 274 g/mol. The van der Waals surface area contributed by atoms with Crippen molar-refractivity contribution in [2.75, 3.05) is 11.9 Å². The lowest BCUT2D eigenvalue weighted by atomic mass is 10.2. The Morgan fingerprint density at radius 3 is 2.87 bits per heavy atom. The lowest BCUT2D eigenvalue weighted by Crippen LogP contribution is -2.02. The standard InChI is InChI=1S/C10H12BrNO3/c1-8-4-2-5-9(12(13)14)10(8)15-7-3-6-11/h2,4-5H,3,6-7H2,1H3. The Bertz CT molecular complexity index is 355. The Labute approximate surface area is 96.5 Å². The van der Waals surface area contributed by atoms with Crippen LogP contribution in [0, 0.1) is 17.0 Å². The van der Waals surface area contributed by atoms with Gasteiger partial charge in [0.2, 0.25) is 0 Å². The molecule has 0 aliphatic rings. The van der Waals surface area contributed by atoms with E-state index >= 15 is 0 Å². The summed E-state index contributed by atoms with van der Waals surface area (Å²) in [5, 5.41) is 11.5. The molecule has 0 amide bonds. The quantitative estimate of drug-likeness (QED) is 0.359. The van der Waals surface area contributed by atoms with Gasteiger partial charge in [-0.15, -0.1) is 0 Å². The number of nitrogens with zero attached hydrogens (tertiary/aromatic N) is 1. The maximum Gasteiger partial charge on any atom is 0.311 e. The van der Waals surface area contributed by atoms with Crippen LogP contribution in [0.25, 0.3) is 0 Å². The summed E-state index contributed by atoms with van der Waals surface area (Å²) in [6.07, 6.45) is 0.825. The number of hydrogen-bond donors (Lipinski definition) is 0. The van der Waals surface area contributed by atoms with Gasteiger partial charge in [-0.1, -0.05) is 28.1 Å². The van der Waals surface area contributed by atoms with Crippen molar-refractivity contribution < 1.29 is 9.66 Å². The molecule has 0 aromatic heterocycles. The van der Waals surface area contributed by atoms with Gasteiger partial charge in [0.05, 0.1) is 11.5 Å². The van der Waals surface area contributed by atoms with Crippen molar-refractivity contribution in [2.45, 2.75) is 13.3 Å². The molecular weight excluding hydrogens is 262 g/mol. The van der Waals surface area contributed by atoms with Gasteiger partial charge in [-0.3, -0.25) is 10.1 Å². The van der Waals surface area contributed by atoms with Gasteiger partial charge in [0.25, 0.3) is 0 Å². The van der Waals surface area contributed by atoms with Crippen molar-refractivity contribution in [1.82, 2.24) is 0 Å².